The second-order valence-electron chi connectivity index (χ2n) is 3.94. The minimum atomic E-state index is 0.275. The molecule has 0 spiro atoms. The van der Waals surface area contributed by atoms with E-state index in [-0.39, 0.29) is 5.75 Å². The van der Waals surface area contributed by atoms with E-state index in [0.29, 0.717) is 0 Å². The molecule has 0 saturated heterocycles. The molecule has 0 atom stereocenters. The molecular formula is C14H14N2O. The van der Waals surface area contributed by atoms with Crippen molar-refractivity contribution >= 4 is 11.9 Å². The van der Waals surface area contributed by atoms with Crippen molar-refractivity contribution in [3.8, 4) is 5.75 Å². The zero-order chi connectivity index (χ0) is 12.3. The molecule has 0 saturated carbocycles. The second kappa shape index (κ2) is 4.78. The van der Waals surface area contributed by atoms with Gasteiger partial charge in [0, 0.05) is 6.20 Å². The summed E-state index contributed by atoms with van der Waals surface area (Å²) in [7, 11) is 0. The summed E-state index contributed by atoms with van der Waals surface area (Å²) in [6.07, 6.45) is 3.46. The summed E-state index contributed by atoms with van der Waals surface area (Å²) in [5.74, 6) is 0.275. The van der Waals surface area contributed by atoms with Gasteiger partial charge in [-0.25, -0.2) is 0 Å². The molecule has 1 aromatic carbocycles. The Balaban J connectivity index is 2.34. The monoisotopic (exact) mass is 226 g/mol. The van der Waals surface area contributed by atoms with Crippen LogP contribution in [-0.2, 0) is 0 Å². The third-order valence-corrected chi connectivity index (χ3v) is 2.49. The Morgan fingerprint density at radius 1 is 1.18 bits per heavy atom. The summed E-state index contributed by atoms with van der Waals surface area (Å²) in [6, 6.07) is 9.10. The fourth-order valence-electron chi connectivity index (χ4n) is 1.72. The van der Waals surface area contributed by atoms with Crippen molar-refractivity contribution in [1.82, 2.24) is 4.98 Å². The van der Waals surface area contributed by atoms with Crippen LogP contribution >= 0.6 is 0 Å². The van der Waals surface area contributed by atoms with Gasteiger partial charge in [0.1, 0.15) is 5.75 Å². The fraction of sp³-hybridized carbons (Fsp3) is 0.143. The summed E-state index contributed by atoms with van der Waals surface area (Å²) < 4.78 is 0. The number of nitrogens with zero attached hydrogens (tertiary/aromatic N) is 2. The van der Waals surface area contributed by atoms with Gasteiger partial charge in [0.25, 0.3) is 0 Å². The maximum absolute atomic E-state index is 9.44. The van der Waals surface area contributed by atoms with Crippen LogP contribution in [-0.4, -0.2) is 16.3 Å². The minimum absolute atomic E-state index is 0.275. The molecule has 0 amide bonds. The van der Waals surface area contributed by atoms with Crippen LogP contribution in [0.1, 0.15) is 16.8 Å². The lowest BCUT2D eigenvalue weighted by molar-refractivity contribution is 0.474. The molecule has 1 aromatic heterocycles. The predicted octanol–water partition coefficient (Wildman–Crippen LogP) is 3.15. The number of phenolic OH excluding ortho intramolecular Hbond substituents is 1. The summed E-state index contributed by atoms with van der Waals surface area (Å²) >= 11 is 0. The van der Waals surface area contributed by atoms with Crippen molar-refractivity contribution in [2.75, 3.05) is 0 Å². The van der Waals surface area contributed by atoms with E-state index >= 15 is 0 Å². The van der Waals surface area contributed by atoms with E-state index < -0.39 is 0 Å². The highest BCUT2D eigenvalue weighted by molar-refractivity contribution is 5.80. The molecule has 1 heterocycles. The molecule has 0 aliphatic heterocycles. The number of hydrogen-bond acceptors (Lipinski definition) is 3. The second-order valence-corrected chi connectivity index (χ2v) is 3.94. The summed E-state index contributed by atoms with van der Waals surface area (Å²) in [5, 5.41) is 9.44. The van der Waals surface area contributed by atoms with Gasteiger partial charge in [-0.1, -0.05) is 6.07 Å². The van der Waals surface area contributed by atoms with Crippen LogP contribution in [0.25, 0.3) is 0 Å². The van der Waals surface area contributed by atoms with Gasteiger partial charge in [-0.2, -0.15) is 0 Å². The van der Waals surface area contributed by atoms with Crippen LogP contribution in [0.4, 0.5) is 5.69 Å². The maximum atomic E-state index is 9.44. The van der Waals surface area contributed by atoms with Crippen LogP contribution in [0.5, 0.6) is 5.75 Å². The highest BCUT2D eigenvalue weighted by Gasteiger charge is 2.02. The van der Waals surface area contributed by atoms with Gasteiger partial charge in [0.15, 0.2) is 0 Å². The number of aromatic nitrogens is 1. The van der Waals surface area contributed by atoms with Gasteiger partial charge in [-0.05, 0) is 49.2 Å². The Bertz CT molecular complexity index is 524. The van der Waals surface area contributed by atoms with Gasteiger partial charge in [0.05, 0.1) is 17.6 Å². The van der Waals surface area contributed by atoms with Gasteiger partial charge < -0.3 is 5.11 Å². The molecule has 3 nitrogen and oxygen atoms in total. The molecule has 0 fully saturated rings. The third kappa shape index (κ3) is 2.69. The van der Waals surface area contributed by atoms with Gasteiger partial charge in [-0.15, -0.1) is 0 Å². The third-order valence-electron chi connectivity index (χ3n) is 2.49. The first-order valence-corrected chi connectivity index (χ1v) is 5.42. The Morgan fingerprint density at radius 3 is 2.47 bits per heavy atom. The van der Waals surface area contributed by atoms with Gasteiger partial charge >= 0.3 is 0 Å². The van der Waals surface area contributed by atoms with E-state index in [1.54, 1.807) is 24.5 Å². The zero-order valence-electron chi connectivity index (χ0n) is 9.88. The lowest BCUT2D eigenvalue weighted by Gasteiger charge is -2.05. The van der Waals surface area contributed by atoms with Crippen LogP contribution < -0.4 is 0 Å². The molecule has 3 heteroatoms. The topological polar surface area (TPSA) is 45.5 Å². The first-order valence-electron chi connectivity index (χ1n) is 5.42. The Hall–Kier alpha value is -2.16. The number of aromatic hydroxyl groups is 1. The normalized spacial score (nSPS) is 10.9. The summed E-state index contributed by atoms with van der Waals surface area (Å²) in [6.45, 7) is 3.86. The van der Waals surface area contributed by atoms with Crippen LogP contribution in [0.15, 0.2) is 41.5 Å². The maximum Gasteiger partial charge on any atom is 0.116 e. The summed E-state index contributed by atoms with van der Waals surface area (Å²) in [4.78, 5) is 8.59. The number of rotatable bonds is 2. The van der Waals surface area contributed by atoms with Crippen LogP contribution in [0, 0.1) is 13.8 Å². The number of benzene rings is 1. The molecule has 0 aliphatic carbocycles. The standard InChI is InChI=1S/C14H14N2O/c1-10-7-13(17)8-11(2)14(10)16-9-12-5-3-4-6-15-12/h3-9,17H,1-2H3. The highest BCUT2D eigenvalue weighted by atomic mass is 16.3. The number of phenols is 1. The van der Waals surface area contributed by atoms with Crippen LogP contribution in [0.2, 0.25) is 0 Å². The van der Waals surface area contributed by atoms with E-state index in [4.69, 9.17) is 0 Å². The fourth-order valence-corrected chi connectivity index (χ4v) is 1.72. The smallest absolute Gasteiger partial charge is 0.116 e. The minimum Gasteiger partial charge on any atom is -0.508 e. The molecule has 0 aliphatic rings. The Kier molecular flexibility index (Phi) is 3.19. The largest absolute Gasteiger partial charge is 0.508 e. The number of hydrogen-bond donors (Lipinski definition) is 1. The number of aliphatic imine (C=N–C) groups is 1. The predicted molar refractivity (Wildman–Crippen MR) is 69.1 cm³/mol. The zero-order valence-corrected chi connectivity index (χ0v) is 9.88. The van der Waals surface area contributed by atoms with E-state index in [9.17, 15) is 5.11 Å². The van der Waals surface area contributed by atoms with E-state index in [2.05, 4.69) is 9.98 Å². The molecule has 17 heavy (non-hydrogen) atoms. The van der Waals surface area contributed by atoms with Crippen LogP contribution in [0.3, 0.4) is 0 Å². The van der Waals surface area contributed by atoms with Crippen molar-refractivity contribution < 1.29 is 5.11 Å². The van der Waals surface area contributed by atoms with E-state index in [0.717, 1.165) is 22.5 Å². The molecule has 2 rings (SSSR count). The SMILES string of the molecule is Cc1cc(O)cc(C)c1N=Cc1ccccn1. The lowest BCUT2D eigenvalue weighted by atomic mass is 10.1. The molecule has 1 N–H and O–H groups in total. The number of aryl methyl sites for hydroxylation is 2. The molecule has 0 radical (unpaired) electrons. The average molecular weight is 226 g/mol. The van der Waals surface area contributed by atoms with Crippen molar-refractivity contribution in [2.45, 2.75) is 13.8 Å². The van der Waals surface area contributed by atoms with E-state index in [1.807, 2.05) is 32.0 Å². The van der Waals surface area contributed by atoms with Crippen molar-refractivity contribution in [3.05, 3.63) is 53.3 Å². The van der Waals surface area contributed by atoms with Gasteiger partial charge in [-0.3, -0.25) is 9.98 Å². The first kappa shape index (κ1) is 11.3. The Labute approximate surface area is 100 Å². The summed E-state index contributed by atoms with van der Waals surface area (Å²) in [5.41, 5.74) is 3.61. The lowest BCUT2D eigenvalue weighted by Crippen LogP contribution is -1.86. The Morgan fingerprint density at radius 2 is 1.88 bits per heavy atom. The molecule has 2 aromatic rings. The van der Waals surface area contributed by atoms with Crippen molar-refractivity contribution in [2.24, 2.45) is 4.99 Å². The molecule has 0 unspecified atom stereocenters. The molecule has 86 valence electrons. The first-order chi connectivity index (χ1) is 8.16. The average Bonchev–Trinajstić information content (AvgIpc) is 2.29. The van der Waals surface area contributed by atoms with Crippen molar-refractivity contribution in [1.29, 1.82) is 0 Å². The quantitative estimate of drug-likeness (QED) is 0.799. The highest BCUT2D eigenvalue weighted by Crippen LogP contribution is 2.27. The van der Waals surface area contributed by atoms with Gasteiger partial charge in [0.2, 0.25) is 0 Å². The van der Waals surface area contributed by atoms with E-state index in [1.165, 1.54) is 0 Å². The molecular weight excluding hydrogens is 212 g/mol. The molecule has 0 bridgehead atoms. The number of pyridine rings is 1. The van der Waals surface area contributed by atoms with Crippen molar-refractivity contribution in [3.63, 3.8) is 0 Å².